The Labute approximate surface area is 110 Å². The second kappa shape index (κ2) is 6.55. The van der Waals surface area contributed by atoms with E-state index in [1.54, 1.807) is 0 Å². The van der Waals surface area contributed by atoms with Crippen LogP contribution in [0.5, 0.6) is 0 Å². The molecule has 1 aromatic carbocycles. The molecule has 0 aliphatic heterocycles. The van der Waals surface area contributed by atoms with E-state index in [0.29, 0.717) is 0 Å². The van der Waals surface area contributed by atoms with Crippen LogP contribution in [0.2, 0.25) is 0 Å². The summed E-state index contributed by atoms with van der Waals surface area (Å²) in [7, 11) is 0. The number of amides is 1. The van der Waals surface area contributed by atoms with Crippen LogP contribution in [0.1, 0.15) is 45.6 Å². The Balaban J connectivity index is 3.17. The van der Waals surface area contributed by atoms with Gasteiger partial charge in [0.05, 0.1) is 0 Å². The third kappa shape index (κ3) is 3.10. The number of rotatable bonds is 7. The van der Waals surface area contributed by atoms with Crippen molar-refractivity contribution in [2.24, 2.45) is 5.73 Å². The Hall–Kier alpha value is -1.35. The highest BCUT2D eigenvalue weighted by molar-refractivity contribution is 5.86. The summed E-state index contributed by atoms with van der Waals surface area (Å²) in [6.45, 7) is 6.25. The molecule has 1 rings (SSSR count). The largest absolute Gasteiger partial charge is 0.368 e. The predicted octanol–water partition coefficient (Wildman–Crippen LogP) is 2.56. The highest BCUT2D eigenvalue weighted by Gasteiger charge is 2.38. The standard InChI is InChI=1S/C15H24N2O/c1-4-11-15(14(16)18,17-12(3)5-2)13-9-7-6-8-10-13/h6-10,12,17H,4-5,11H2,1-3H3,(H2,16,18). The topological polar surface area (TPSA) is 55.1 Å². The van der Waals surface area contributed by atoms with Crippen molar-refractivity contribution in [3.8, 4) is 0 Å². The fourth-order valence-electron chi connectivity index (χ4n) is 2.26. The normalized spacial score (nSPS) is 15.9. The van der Waals surface area contributed by atoms with Gasteiger partial charge >= 0.3 is 0 Å². The molecule has 0 radical (unpaired) electrons. The molecule has 100 valence electrons. The smallest absolute Gasteiger partial charge is 0.242 e. The predicted molar refractivity (Wildman–Crippen MR) is 75.1 cm³/mol. The lowest BCUT2D eigenvalue weighted by atomic mass is 9.84. The zero-order chi connectivity index (χ0) is 13.6. The van der Waals surface area contributed by atoms with Crippen molar-refractivity contribution in [1.29, 1.82) is 0 Å². The minimum Gasteiger partial charge on any atom is -0.368 e. The maximum absolute atomic E-state index is 12.0. The number of carbonyl (C=O) groups is 1. The highest BCUT2D eigenvalue weighted by atomic mass is 16.1. The zero-order valence-electron chi connectivity index (χ0n) is 11.6. The van der Waals surface area contributed by atoms with Gasteiger partial charge in [0.25, 0.3) is 0 Å². The molecule has 2 unspecified atom stereocenters. The fraction of sp³-hybridized carbons (Fsp3) is 0.533. The van der Waals surface area contributed by atoms with E-state index in [-0.39, 0.29) is 11.9 Å². The maximum atomic E-state index is 12.0. The number of primary amides is 1. The second-order valence-electron chi connectivity index (χ2n) is 4.84. The van der Waals surface area contributed by atoms with Crippen molar-refractivity contribution in [3.63, 3.8) is 0 Å². The SMILES string of the molecule is CCCC(NC(C)CC)(C(N)=O)c1ccccc1. The average Bonchev–Trinajstić information content (AvgIpc) is 2.38. The Morgan fingerprint density at radius 2 is 1.94 bits per heavy atom. The minimum absolute atomic E-state index is 0.254. The quantitative estimate of drug-likeness (QED) is 0.779. The van der Waals surface area contributed by atoms with Crippen LogP contribution in [0.4, 0.5) is 0 Å². The molecule has 2 atom stereocenters. The molecule has 1 amide bonds. The summed E-state index contributed by atoms with van der Waals surface area (Å²) in [6.07, 6.45) is 2.59. The van der Waals surface area contributed by atoms with E-state index < -0.39 is 5.54 Å². The molecule has 0 aromatic heterocycles. The lowest BCUT2D eigenvalue weighted by Crippen LogP contribution is -2.55. The highest BCUT2D eigenvalue weighted by Crippen LogP contribution is 2.27. The van der Waals surface area contributed by atoms with E-state index in [4.69, 9.17) is 5.73 Å². The number of nitrogens with one attached hydrogen (secondary N) is 1. The first kappa shape index (κ1) is 14.7. The van der Waals surface area contributed by atoms with Gasteiger partial charge in [-0.1, -0.05) is 50.6 Å². The Bertz CT molecular complexity index is 377. The van der Waals surface area contributed by atoms with Crippen LogP contribution in [0.25, 0.3) is 0 Å². The molecule has 0 fully saturated rings. The number of carbonyl (C=O) groups excluding carboxylic acids is 1. The molecule has 3 N–H and O–H groups in total. The average molecular weight is 248 g/mol. The van der Waals surface area contributed by atoms with Gasteiger partial charge in [0, 0.05) is 6.04 Å². The van der Waals surface area contributed by atoms with Gasteiger partial charge in [0.1, 0.15) is 5.54 Å². The van der Waals surface area contributed by atoms with Gasteiger partial charge in [-0.25, -0.2) is 0 Å². The summed E-state index contributed by atoms with van der Waals surface area (Å²) in [6, 6.07) is 10.0. The molecular formula is C15H24N2O. The van der Waals surface area contributed by atoms with Crippen LogP contribution in [0.3, 0.4) is 0 Å². The summed E-state index contributed by atoms with van der Waals surface area (Å²) in [5.41, 5.74) is 5.90. The summed E-state index contributed by atoms with van der Waals surface area (Å²) in [5.74, 6) is -0.296. The van der Waals surface area contributed by atoms with E-state index >= 15 is 0 Å². The van der Waals surface area contributed by atoms with Gasteiger partial charge in [-0.15, -0.1) is 0 Å². The molecule has 0 bridgehead atoms. The van der Waals surface area contributed by atoms with Gasteiger partial charge in [-0.3, -0.25) is 10.1 Å². The molecule has 0 spiro atoms. The van der Waals surface area contributed by atoms with Gasteiger partial charge < -0.3 is 5.73 Å². The molecular weight excluding hydrogens is 224 g/mol. The van der Waals surface area contributed by atoms with E-state index in [2.05, 4.69) is 26.1 Å². The number of hydrogen-bond donors (Lipinski definition) is 2. The van der Waals surface area contributed by atoms with E-state index in [1.807, 2.05) is 30.3 Å². The lowest BCUT2D eigenvalue weighted by Gasteiger charge is -2.35. The third-order valence-electron chi connectivity index (χ3n) is 3.42. The zero-order valence-corrected chi connectivity index (χ0v) is 11.6. The Morgan fingerprint density at radius 3 is 2.39 bits per heavy atom. The first-order valence-corrected chi connectivity index (χ1v) is 6.70. The first-order valence-electron chi connectivity index (χ1n) is 6.70. The van der Waals surface area contributed by atoms with Crippen LogP contribution in [0, 0.1) is 0 Å². The number of hydrogen-bond acceptors (Lipinski definition) is 2. The molecule has 3 heteroatoms. The summed E-state index contributed by atoms with van der Waals surface area (Å²) < 4.78 is 0. The first-order chi connectivity index (χ1) is 8.56. The van der Waals surface area contributed by atoms with Gasteiger partial charge in [0.2, 0.25) is 5.91 Å². The van der Waals surface area contributed by atoms with Crippen molar-refractivity contribution in [2.75, 3.05) is 0 Å². The number of benzene rings is 1. The van der Waals surface area contributed by atoms with E-state index in [9.17, 15) is 4.79 Å². The van der Waals surface area contributed by atoms with Crippen LogP contribution >= 0.6 is 0 Å². The van der Waals surface area contributed by atoms with Crippen LogP contribution < -0.4 is 11.1 Å². The summed E-state index contributed by atoms with van der Waals surface area (Å²) in [5, 5.41) is 3.42. The lowest BCUT2D eigenvalue weighted by molar-refractivity contribution is -0.125. The molecule has 18 heavy (non-hydrogen) atoms. The van der Waals surface area contributed by atoms with Gasteiger partial charge in [0.15, 0.2) is 0 Å². The van der Waals surface area contributed by atoms with Crippen molar-refractivity contribution in [2.45, 2.75) is 51.6 Å². The molecule has 3 nitrogen and oxygen atoms in total. The van der Waals surface area contributed by atoms with Gasteiger partial charge in [-0.2, -0.15) is 0 Å². The number of nitrogens with two attached hydrogens (primary N) is 1. The van der Waals surface area contributed by atoms with Crippen LogP contribution in [-0.4, -0.2) is 11.9 Å². The van der Waals surface area contributed by atoms with Crippen molar-refractivity contribution in [3.05, 3.63) is 35.9 Å². The van der Waals surface area contributed by atoms with Crippen molar-refractivity contribution < 1.29 is 4.79 Å². The fourth-order valence-corrected chi connectivity index (χ4v) is 2.26. The molecule has 1 aromatic rings. The second-order valence-corrected chi connectivity index (χ2v) is 4.84. The monoisotopic (exact) mass is 248 g/mol. The molecule has 0 aliphatic rings. The van der Waals surface area contributed by atoms with Gasteiger partial charge in [-0.05, 0) is 25.3 Å². The molecule has 0 saturated heterocycles. The molecule has 0 aliphatic carbocycles. The maximum Gasteiger partial charge on any atom is 0.242 e. The van der Waals surface area contributed by atoms with E-state index in [1.165, 1.54) is 0 Å². The third-order valence-corrected chi connectivity index (χ3v) is 3.42. The van der Waals surface area contributed by atoms with Crippen molar-refractivity contribution in [1.82, 2.24) is 5.32 Å². The summed E-state index contributed by atoms with van der Waals surface area (Å²) in [4.78, 5) is 12.0. The summed E-state index contributed by atoms with van der Waals surface area (Å²) >= 11 is 0. The Kier molecular flexibility index (Phi) is 5.35. The molecule has 0 saturated carbocycles. The van der Waals surface area contributed by atoms with Crippen LogP contribution in [-0.2, 0) is 10.3 Å². The van der Waals surface area contributed by atoms with Crippen molar-refractivity contribution >= 4 is 5.91 Å². The van der Waals surface area contributed by atoms with E-state index in [0.717, 1.165) is 24.8 Å². The Morgan fingerprint density at radius 1 is 1.33 bits per heavy atom. The molecule has 0 heterocycles. The minimum atomic E-state index is -0.745. The van der Waals surface area contributed by atoms with Crippen LogP contribution in [0.15, 0.2) is 30.3 Å².